The lowest BCUT2D eigenvalue weighted by Crippen LogP contribution is -2.52. The highest BCUT2D eigenvalue weighted by atomic mass is 32.1. The fourth-order valence-electron chi connectivity index (χ4n) is 3.71. The second-order valence-electron chi connectivity index (χ2n) is 7.02. The largest absolute Gasteiger partial charge is 0.352 e. The first-order valence-corrected chi connectivity index (χ1v) is 9.67. The third-order valence-electron chi connectivity index (χ3n) is 5.48. The summed E-state index contributed by atoms with van der Waals surface area (Å²) in [5.41, 5.74) is 0. The predicted octanol–water partition coefficient (Wildman–Crippen LogP) is 2.21. The van der Waals surface area contributed by atoms with Gasteiger partial charge in [0.15, 0.2) is 5.13 Å². The molecule has 0 aromatic carbocycles. The number of carbonyl (C=O) groups excluding carboxylic acids is 1. The normalized spacial score (nSPS) is 29.5. The highest BCUT2D eigenvalue weighted by Gasteiger charge is 2.29. The molecule has 3 rings (SSSR count). The summed E-state index contributed by atoms with van der Waals surface area (Å²) in [5.74, 6) is 1.50. The van der Waals surface area contributed by atoms with Crippen LogP contribution in [0.1, 0.15) is 33.1 Å². The molecule has 1 aliphatic heterocycles. The summed E-state index contributed by atoms with van der Waals surface area (Å²) in [6, 6.07) is 0.364. The molecule has 2 fully saturated rings. The van der Waals surface area contributed by atoms with E-state index in [1.54, 1.807) is 11.3 Å². The van der Waals surface area contributed by atoms with Gasteiger partial charge >= 0.3 is 0 Å². The predicted molar refractivity (Wildman–Crippen MR) is 94.9 cm³/mol. The average molecular weight is 337 g/mol. The van der Waals surface area contributed by atoms with Crippen molar-refractivity contribution in [1.29, 1.82) is 0 Å². The standard InChI is InChI=1S/C17H28N4OS/c1-13-4-3-5-15(14(13)2)19-16(22)12-20-7-9-21(10-8-20)17-18-6-11-23-17/h6,11,13-15H,3-5,7-10,12H2,1-2H3,(H,19,22). The Hall–Kier alpha value is -1.14. The number of thiazole rings is 1. The zero-order valence-electron chi connectivity index (χ0n) is 14.2. The molecule has 1 saturated carbocycles. The van der Waals surface area contributed by atoms with Crippen LogP contribution in [-0.4, -0.2) is 54.6 Å². The summed E-state index contributed by atoms with van der Waals surface area (Å²) < 4.78 is 0. The molecule has 1 N–H and O–H groups in total. The first-order chi connectivity index (χ1) is 11.1. The van der Waals surface area contributed by atoms with Crippen LogP contribution in [-0.2, 0) is 4.79 Å². The SMILES string of the molecule is CC1CCCC(NC(=O)CN2CCN(c3nccs3)CC2)C1C. The number of hydrogen-bond donors (Lipinski definition) is 1. The van der Waals surface area contributed by atoms with Crippen LogP contribution in [0, 0.1) is 11.8 Å². The molecule has 1 aromatic rings. The van der Waals surface area contributed by atoms with Crippen molar-refractivity contribution in [3.63, 3.8) is 0 Å². The molecule has 1 saturated heterocycles. The van der Waals surface area contributed by atoms with E-state index < -0.39 is 0 Å². The Bertz CT molecular complexity index is 499. The number of rotatable bonds is 4. The molecule has 3 unspecified atom stereocenters. The van der Waals surface area contributed by atoms with Crippen molar-refractivity contribution in [3.8, 4) is 0 Å². The highest BCUT2D eigenvalue weighted by molar-refractivity contribution is 7.13. The fraction of sp³-hybridized carbons (Fsp3) is 0.765. The smallest absolute Gasteiger partial charge is 0.234 e. The molecular weight excluding hydrogens is 308 g/mol. The highest BCUT2D eigenvalue weighted by Crippen LogP contribution is 2.29. The van der Waals surface area contributed by atoms with E-state index in [2.05, 4.69) is 33.9 Å². The van der Waals surface area contributed by atoms with Gasteiger partial charge in [0, 0.05) is 43.8 Å². The number of aromatic nitrogens is 1. The molecule has 1 aliphatic carbocycles. The number of nitrogens with zero attached hydrogens (tertiary/aromatic N) is 3. The molecule has 0 spiro atoms. The van der Waals surface area contributed by atoms with Crippen LogP contribution in [0.5, 0.6) is 0 Å². The molecule has 0 radical (unpaired) electrons. The van der Waals surface area contributed by atoms with Gasteiger partial charge in [-0.15, -0.1) is 11.3 Å². The fourth-order valence-corrected chi connectivity index (χ4v) is 4.41. The first kappa shape index (κ1) is 16.7. The first-order valence-electron chi connectivity index (χ1n) is 8.79. The van der Waals surface area contributed by atoms with Gasteiger partial charge in [-0.3, -0.25) is 9.69 Å². The van der Waals surface area contributed by atoms with Crippen LogP contribution >= 0.6 is 11.3 Å². The monoisotopic (exact) mass is 336 g/mol. The molecule has 23 heavy (non-hydrogen) atoms. The minimum atomic E-state index is 0.193. The van der Waals surface area contributed by atoms with Gasteiger partial charge in [-0.25, -0.2) is 4.98 Å². The van der Waals surface area contributed by atoms with Crippen molar-refractivity contribution in [2.45, 2.75) is 39.2 Å². The van der Waals surface area contributed by atoms with Crippen LogP contribution in [0.3, 0.4) is 0 Å². The second-order valence-corrected chi connectivity index (χ2v) is 7.89. The van der Waals surface area contributed by atoms with E-state index in [1.165, 1.54) is 12.8 Å². The molecule has 1 aromatic heterocycles. The molecule has 3 atom stereocenters. The summed E-state index contributed by atoms with van der Waals surface area (Å²) in [5, 5.41) is 6.39. The number of carbonyl (C=O) groups is 1. The number of piperazine rings is 1. The summed E-state index contributed by atoms with van der Waals surface area (Å²) in [6.07, 6.45) is 5.52. The number of nitrogens with one attached hydrogen (secondary N) is 1. The third-order valence-corrected chi connectivity index (χ3v) is 6.31. The third kappa shape index (κ3) is 4.23. The molecule has 1 amide bonds. The van der Waals surface area contributed by atoms with Crippen molar-refractivity contribution in [3.05, 3.63) is 11.6 Å². The zero-order valence-corrected chi connectivity index (χ0v) is 15.0. The van der Waals surface area contributed by atoms with Crippen molar-refractivity contribution in [1.82, 2.24) is 15.2 Å². The maximum atomic E-state index is 12.4. The summed E-state index contributed by atoms with van der Waals surface area (Å²) in [6.45, 7) is 8.90. The van der Waals surface area contributed by atoms with Gasteiger partial charge in [0.05, 0.1) is 6.54 Å². The Balaban J connectivity index is 1.42. The molecule has 2 aliphatic rings. The van der Waals surface area contributed by atoms with Gasteiger partial charge in [0.25, 0.3) is 0 Å². The van der Waals surface area contributed by atoms with E-state index >= 15 is 0 Å². The quantitative estimate of drug-likeness (QED) is 0.916. The van der Waals surface area contributed by atoms with E-state index in [-0.39, 0.29) is 5.91 Å². The van der Waals surface area contributed by atoms with E-state index in [9.17, 15) is 4.79 Å². The summed E-state index contributed by atoms with van der Waals surface area (Å²) in [4.78, 5) is 21.3. The average Bonchev–Trinajstić information content (AvgIpc) is 3.07. The van der Waals surface area contributed by atoms with E-state index in [0.717, 1.165) is 43.6 Å². The van der Waals surface area contributed by atoms with Crippen LogP contribution < -0.4 is 10.2 Å². The molecular formula is C17H28N4OS. The maximum absolute atomic E-state index is 12.4. The van der Waals surface area contributed by atoms with Gasteiger partial charge in [-0.05, 0) is 18.3 Å². The van der Waals surface area contributed by atoms with Gasteiger partial charge in [-0.1, -0.05) is 26.7 Å². The number of hydrogen-bond acceptors (Lipinski definition) is 5. The maximum Gasteiger partial charge on any atom is 0.234 e. The Morgan fingerprint density at radius 3 is 2.78 bits per heavy atom. The molecule has 0 bridgehead atoms. The van der Waals surface area contributed by atoms with Gasteiger partial charge in [-0.2, -0.15) is 0 Å². The van der Waals surface area contributed by atoms with E-state index in [0.29, 0.717) is 18.5 Å². The van der Waals surface area contributed by atoms with Gasteiger partial charge < -0.3 is 10.2 Å². The lowest BCUT2D eigenvalue weighted by molar-refractivity contribution is -0.123. The second kappa shape index (κ2) is 7.62. The molecule has 128 valence electrons. The van der Waals surface area contributed by atoms with Crippen molar-refractivity contribution < 1.29 is 4.79 Å². The minimum absolute atomic E-state index is 0.193. The molecule has 6 heteroatoms. The lowest BCUT2D eigenvalue weighted by atomic mass is 9.78. The van der Waals surface area contributed by atoms with Crippen molar-refractivity contribution in [2.75, 3.05) is 37.6 Å². The van der Waals surface area contributed by atoms with Gasteiger partial charge in [0.1, 0.15) is 0 Å². The van der Waals surface area contributed by atoms with E-state index in [4.69, 9.17) is 0 Å². The Kier molecular flexibility index (Phi) is 5.54. The number of amides is 1. The Labute approximate surface area is 143 Å². The lowest BCUT2D eigenvalue weighted by Gasteiger charge is -2.36. The molecule has 2 heterocycles. The minimum Gasteiger partial charge on any atom is -0.352 e. The van der Waals surface area contributed by atoms with E-state index in [1.807, 2.05) is 11.6 Å². The zero-order chi connectivity index (χ0) is 16.2. The van der Waals surface area contributed by atoms with Crippen LogP contribution in [0.25, 0.3) is 0 Å². The van der Waals surface area contributed by atoms with Crippen LogP contribution in [0.2, 0.25) is 0 Å². The number of anilines is 1. The topological polar surface area (TPSA) is 48.5 Å². The van der Waals surface area contributed by atoms with Crippen molar-refractivity contribution in [2.24, 2.45) is 11.8 Å². The Morgan fingerprint density at radius 2 is 2.09 bits per heavy atom. The van der Waals surface area contributed by atoms with Crippen LogP contribution in [0.15, 0.2) is 11.6 Å². The van der Waals surface area contributed by atoms with Gasteiger partial charge in [0.2, 0.25) is 5.91 Å². The Morgan fingerprint density at radius 1 is 1.30 bits per heavy atom. The summed E-state index contributed by atoms with van der Waals surface area (Å²) in [7, 11) is 0. The summed E-state index contributed by atoms with van der Waals surface area (Å²) >= 11 is 1.69. The van der Waals surface area contributed by atoms with Crippen molar-refractivity contribution >= 4 is 22.4 Å². The molecule has 5 nitrogen and oxygen atoms in total. The van der Waals surface area contributed by atoms with Crippen LogP contribution in [0.4, 0.5) is 5.13 Å².